The zero-order valence-electron chi connectivity index (χ0n) is 13.4. The molecular formula is C15H23ClN4O2. The average Bonchev–Trinajstić information content (AvgIpc) is 2.66. The van der Waals surface area contributed by atoms with E-state index in [1.165, 1.54) is 13.0 Å². The van der Waals surface area contributed by atoms with Gasteiger partial charge in [0, 0.05) is 38.2 Å². The van der Waals surface area contributed by atoms with Crippen molar-refractivity contribution in [2.45, 2.75) is 34.2 Å². The van der Waals surface area contributed by atoms with Crippen molar-refractivity contribution >= 4 is 29.5 Å². The first-order valence-corrected chi connectivity index (χ1v) is 7.62. The van der Waals surface area contributed by atoms with Crippen LogP contribution in [0.5, 0.6) is 0 Å². The molecule has 0 aliphatic rings. The lowest BCUT2D eigenvalue weighted by Crippen LogP contribution is -2.32. The van der Waals surface area contributed by atoms with Crippen molar-refractivity contribution < 1.29 is 9.59 Å². The van der Waals surface area contributed by atoms with Gasteiger partial charge >= 0.3 is 0 Å². The van der Waals surface area contributed by atoms with Gasteiger partial charge in [-0.25, -0.2) is 0 Å². The van der Waals surface area contributed by atoms with Crippen molar-refractivity contribution in [1.82, 2.24) is 20.4 Å². The Morgan fingerprint density at radius 1 is 1.32 bits per heavy atom. The zero-order chi connectivity index (χ0) is 16.7. The summed E-state index contributed by atoms with van der Waals surface area (Å²) in [5.74, 6) is 0.0768. The lowest BCUT2D eigenvalue weighted by molar-refractivity contribution is -0.119. The van der Waals surface area contributed by atoms with Gasteiger partial charge in [0.05, 0.1) is 5.69 Å². The number of halogens is 1. The molecule has 0 radical (unpaired) electrons. The molecule has 0 unspecified atom stereocenters. The van der Waals surface area contributed by atoms with E-state index in [9.17, 15) is 9.59 Å². The summed E-state index contributed by atoms with van der Waals surface area (Å²) < 4.78 is 1.75. The molecular weight excluding hydrogens is 304 g/mol. The first-order chi connectivity index (χ1) is 10.3. The van der Waals surface area contributed by atoms with Crippen molar-refractivity contribution in [3.8, 4) is 0 Å². The highest BCUT2D eigenvalue weighted by molar-refractivity contribution is 6.31. The molecule has 1 aromatic heterocycles. The molecule has 0 bridgehead atoms. The Hall–Kier alpha value is -1.82. The average molecular weight is 327 g/mol. The number of nitrogens with one attached hydrogen (secondary N) is 2. The third-order valence-corrected chi connectivity index (χ3v) is 3.25. The molecule has 7 heteroatoms. The van der Waals surface area contributed by atoms with Gasteiger partial charge in [-0.2, -0.15) is 5.10 Å². The molecule has 0 aromatic carbocycles. The largest absolute Gasteiger partial charge is 0.355 e. The van der Waals surface area contributed by atoms with Gasteiger partial charge < -0.3 is 10.6 Å². The summed E-state index contributed by atoms with van der Waals surface area (Å²) in [4.78, 5) is 22.4. The van der Waals surface area contributed by atoms with Gasteiger partial charge in [0.2, 0.25) is 11.8 Å². The van der Waals surface area contributed by atoms with E-state index in [4.69, 9.17) is 11.6 Å². The molecule has 1 rings (SSSR count). The Balaban J connectivity index is 2.60. The van der Waals surface area contributed by atoms with E-state index in [1.807, 2.05) is 6.92 Å². The Kier molecular flexibility index (Phi) is 7.11. The second-order valence-corrected chi connectivity index (χ2v) is 5.83. The van der Waals surface area contributed by atoms with E-state index in [0.717, 1.165) is 17.8 Å². The fourth-order valence-electron chi connectivity index (χ4n) is 1.87. The molecule has 0 aliphatic carbocycles. The van der Waals surface area contributed by atoms with Crippen LogP contribution in [0.2, 0.25) is 5.15 Å². The van der Waals surface area contributed by atoms with E-state index in [0.29, 0.717) is 24.2 Å². The van der Waals surface area contributed by atoms with Crippen LogP contribution in [0.15, 0.2) is 6.08 Å². The minimum atomic E-state index is -0.238. The number of aromatic nitrogens is 2. The summed E-state index contributed by atoms with van der Waals surface area (Å²) in [7, 11) is 0. The maximum atomic E-state index is 11.7. The molecule has 0 fully saturated rings. The topological polar surface area (TPSA) is 76.0 Å². The first-order valence-electron chi connectivity index (χ1n) is 7.24. The van der Waals surface area contributed by atoms with E-state index < -0.39 is 0 Å². The van der Waals surface area contributed by atoms with Crippen LogP contribution in [0.4, 0.5) is 0 Å². The highest BCUT2D eigenvalue weighted by atomic mass is 35.5. The SMILES string of the molecule is CC(=O)NCCNC(=O)C=Cc1c(C)nn(CC(C)C)c1Cl. The summed E-state index contributed by atoms with van der Waals surface area (Å²) in [6.45, 7) is 8.98. The predicted molar refractivity (Wildman–Crippen MR) is 87.5 cm³/mol. The minimum Gasteiger partial charge on any atom is -0.355 e. The first kappa shape index (κ1) is 18.2. The normalized spacial score (nSPS) is 11.2. The number of nitrogens with zero attached hydrogens (tertiary/aromatic N) is 2. The van der Waals surface area contributed by atoms with Crippen LogP contribution in [0.25, 0.3) is 6.08 Å². The summed E-state index contributed by atoms with van der Waals surface area (Å²) >= 11 is 6.29. The van der Waals surface area contributed by atoms with Gasteiger partial charge in [-0.3, -0.25) is 14.3 Å². The second kappa shape index (κ2) is 8.58. The molecule has 2 amide bonds. The predicted octanol–water partition coefficient (Wildman–Crippen LogP) is 1.77. The molecule has 6 nitrogen and oxygen atoms in total. The van der Waals surface area contributed by atoms with E-state index in [-0.39, 0.29) is 11.8 Å². The van der Waals surface area contributed by atoms with Crippen molar-refractivity contribution in [3.05, 3.63) is 22.5 Å². The Bertz CT molecular complexity index is 564. The number of hydrogen-bond donors (Lipinski definition) is 2. The van der Waals surface area contributed by atoms with Gasteiger partial charge in [0.15, 0.2) is 0 Å². The Morgan fingerprint density at radius 2 is 1.95 bits per heavy atom. The molecule has 0 atom stereocenters. The van der Waals surface area contributed by atoms with Crippen molar-refractivity contribution in [2.75, 3.05) is 13.1 Å². The summed E-state index contributed by atoms with van der Waals surface area (Å²) in [5.41, 5.74) is 1.53. The monoisotopic (exact) mass is 326 g/mol. The van der Waals surface area contributed by atoms with Gasteiger partial charge in [-0.05, 0) is 18.9 Å². The molecule has 0 saturated heterocycles. The number of rotatable bonds is 7. The van der Waals surface area contributed by atoms with E-state index >= 15 is 0 Å². The Labute approximate surface area is 135 Å². The summed E-state index contributed by atoms with van der Waals surface area (Å²) in [6, 6.07) is 0. The van der Waals surface area contributed by atoms with Crippen molar-refractivity contribution in [1.29, 1.82) is 0 Å². The van der Waals surface area contributed by atoms with Crippen LogP contribution in [0.1, 0.15) is 32.0 Å². The number of carbonyl (C=O) groups is 2. The summed E-state index contributed by atoms with van der Waals surface area (Å²) in [6.07, 6.45) is 3.08. The minimum absolute atomic E-state index is 0.121. The second-order valence-electron chi connectivity index (χ2n) is 5.47. The number of hydrogen-bond acceptors (Lipinski definition) is 3. The highest BCUT2D eigenvalue weighted by Crippen LogP contribution is 2.22. The van der Waals surface area contributed by atoms with Gasteiger partial charge in [0.1, 0.15) is 5.15 Å². The molecule has 2 N–H and O–H groups in total. The molecule has 122 valence electrons. The summed E-state index contributed by atoms with van der Waals surface area (Å²) in [5, 5.41) is 10.2. The molecule has 1 aromatic rings. The van der Waals surface area contributed by atoms with E-state index in [2.05, 4.69) is 29.6 Å². The third-order valence-electron chi connectivity index (χ3n) is 2.85. The number of amides is 2. The fraction of sp³-hybridized carbons (Fsp3) is 0.533. The molecule has 0 spiro atoms. The molecule has 0 aliphatic heterocycles. The smallest absolute Gasteiger partial charge is 0.244 e. The lowest BCUT2D eigenvalue weighted by atomic mass is 10.2. The number of carbonyl (C=O) groups excluding carboxylic acids is 2. The molecule has 22 heavy (non-hydrogen) atoms. The quantitative estimate of drug-likeness (QED) is 0.592. The standard InChI is InChI=1S/C15H23ClN4O2/c1-10(2)9-20-15(16)13(11(3)19-20)5-6-14(22)18-8-7-17-12(4)21/h5-6,10H,7-9H2,1-4H3,(H,17,21)(H,18,22). The molecule has 0 saturated carbocycles. The van der Waals surface area contributed by atoms with Crippen LogP contribution in [0, 0.1) is 12.8 Å². The maximum Gasteiger partial charge on any atom is 0.244 e. The van der Waals surface area contributed by atoms with Gasteiger partial charge in [-0.1, -0.05) is 25.4 Å². The van der Waals surface area contributed by atoms with Crippen LogP contribution in [0.3, 0.4) is 0 Å². The van der Waals surface area contributed by atoms with Gasteiger partial charge in [-0.15, -0.1) is 0 Å². The van der Waals surface area contributed by atoms with Gasteiger partial charge in [0.25, 0.3) is 0 Å². The van der Waals surface area contributed by atoms with Crippen LogP contribution < -0.4 is 10.6 Å². The van der Waals surface area contributed by atoms with Crippen molar-refractivity contribution in [2.24, 2.45) is 5.92 Å². The Morgan fingerprint density at radius 3 is 2.55 bits per heavy atom. The lowest BCUT2D eigenvalue weighted by Gasteiger charge is -2.05. The van der Waals surface area contributed by atoms with Crippen LogP contribution >= 0.6 is 11.6 Å². The third kappa shape index (κ3) is 5.89. The van der Waals surface area contributed by atoms with Crippen LogP contribution in [-0.4, -0.2) is 34.7 Å². The zero-order valence-corrected chi connectivity index (χ0v) is 14.2. The maximum absolute atomic E-state index is 11.7. The fourth-order valence-corrected chi connectivity index (χ4v) is 2.17. The highest BCUT2D eigenvalue weighted by Gasteiger charge is 2.12. The number of aryl methyl sites for hydroxylation is 1. The van der Waals surface area contributed by atoms with E-state index in [1.54, 1.807) is 10.8 Å². The van der Waals surface area contributed by atoms with Crippen LogP contribution in [-0.2, 0) is 16.1 Å². The molecule has 1 heterocycles. The van der Waals surface area contributed by atoms with Crippen molar-refractivity contribution in [3.63, 3.8) is 0 Å².